The van der Waals surface area contributed by atoms with Crippen LogP contribution in [0.3, 0.4) is 0 Å². The van der Waals surface area contributed by atoms with Gasteiger partial charge in [-0.2, -0.15) is 13.2 Å². The largest absolute Gasteiger partial charge is 0.416 e. The van der Waals surface area contributed by atoms with Crippen molar-refractivity contribution in [3.8, 4) is 0 Å². The topological polar surface area (TPSA) is 86.8 Å². The van der Waals surface area contributed by atoms with Crippen molar-refractivity contribution in [3.05, 3.63) is 94.5 Å². The minimum absolute atomic E-state index is 0.0287. The van der Waals surface area contributed by atoms with Gasteiger partial charge in [0.2, 0.25) is 11.8 Å². The minimum atomic E-state index is -4.80. The number of carbonyl (C=O) groups is 2. The van der Waals surface area contributed by atoms with E-state index in [0.717, 1.165) is 23.3 Å². The zero-order chi connectivity index (χ0) is 31.1. The maximum atomic E-state index is 14.1. The normalized spacial score (nSPS) is 12.5. The molecule has 0 unspecified atom stereocenters. The molecule has 0 fully saturated rings. The second-order valence-corrected chi connectivity index (χ2v) is 11.9. The van der Waals surface area contributed by atoms with Gasteiger partial charge in [-0.25, -0.2) is 8.42 Å². The Morgan fingerprint density at radius 2 is 1.62 bits per heavy atom. The molecule has 1 atom stereocenters. The fraction of sp³-hybridized carbons (Fsp3) is 0.333. The molecule has 12 heteroatoms. The van der Waals surface area contributed by atoms with Crippen LogP contribution in [0, 0.1) is 6.92 Å². The van der Waals surface area contributed by atoms with Crippen LogP contribution in [0.2, 0.25) is 5.02 Å². The maximum Gasteiger partial charge on any atom is 0.416 e. The summed E-state index contributed by atoms with van der Waals surface area (Å²) in [6, 6.07) is 15.6. The fourth-order valence-electron chi connectivity index (χ4n) is 4.37. The smallest absolute Gasteiger partial charge is 0.354 e. The zero-order valence-corrected chi connectivity index (χ0v) is 25.1. The van der Waals surface area contributed by atoms with Gasteiger partial charge in [-0.1, -0.05) is 67.9 Å². The van der Waals surface area contributed by atoms with Gasteiger partial charge < -0.3 is 10.2 Å². The number of nitrogens with one attached hydrogen (secondary N) is 1. The first-order valence-corrected chi connectivity index (χ1v) is 15.2. The molecule has 0 radical (unpaired) electrons. The summed E-state index contributed by atoms with van der Waals surface area (Å²) in [5, 5.41) is 2.48. The second kappa shape index (κ2) is 14.1. The van der Waals surface area contributed by atoms with Crippen molar-refractivity contribution in [3.63, 3.8) is 0 Å². The van der Waals surface area contributed by atoms with E-state index < -0.39 is 51.9 Å². The predicted octanol–water partition coefficient (Wildman–Crippen LogP) is 6.20. The molecular formula is C30H33ClF3N3O4S. The monoisotopic (exact) mass is 623 g/mol. The van der Waals surface area contributed by atoms with Gasteiger partial charge >= 0.3 is 6.18 Å². The van der Waals surface area contributed by atoms with Crippen LogP contribution in [0.4, 0.5) is 18.9 Å². The average molecular weight is 624 g/mol. The van der Waals surface area contributed by atoms with Crippen LogP contribution >= 0.6 is 11.6 Å². The predicted molar refractivity (Wildman–Crippen MR) is 157 cm³/mol. The highest BCUT2D eigenvalue weighted by Crippen LogP contribution is 2.37. The standard InChI is InChI=1S/C30H33ClF3N3O4S/c1-4-17-35-29(39)26(5-2)36(19-22-12-10-9-11-21(22)3)28(38)20-37(42(40,41)24-13-7-6-8-14-24)27-18-23(30(32,33)34)15-16-25(27)31/h6-16,18,26H,4-5,17,19-20H2,1-3H3,(H,35,39)/t26-/m0/s1. The molecule has 42 heavy (non-hydrogen) atoms. The fourth-order valence-corrected chi connectivity index (χ4v) is 6.09. The van der Waals surface area contributed by atoms with Crippen molar-refractivity contribution in [2.24, 2.45) is 0 Å². The number of hydrogen-bond donors (Lipinski definition) is 1. The molecule has 2 amide bonds. The first kappa shape index (κ1) is 32.9. The summed E-state index contributed by atoms with van der Waals surface area (Å²) < 4.78 is 69.3. The van der Waals surface area contributed by atoms with Crippen molar-refractivity contribution >= 4 is 39.1 Å². The maximum absolute atomic E-state index is 14.1. The third kappa shape index (κ3) is 7.83. The van der Waals surface area contributed by atoms with E-state index in [0.29, 0.717) is 23.3 Å². The van der Waals surface area contributed by atoms with E-state index in [4.69, 9.17) is 11.6 Å². The molecule has 3 aromatic rings. The first-order chi connectivity index (χ1) is 19.8. The number of hydrogen-bond acceptors (Lipinski definition) is 4. The van der Waals surface area contributed by atoms with Gasteiger partial charge in [-0.05, 0) is 61.2 Å². The number of amides is 2. The quantitative estimate of drug-likeness (QED) is 0.260. The molecule has 3 rings (SSSR count). The summed E-state index contributed by atoms with van der Waals surface area (Å²) in [4.78, 5) is 28.2. The number of anilines is 1. The van der Waals surface area contributed by atoms with Crippen molar-refractivity contribution < 1.29 is 31.2 Å². The van der Waals surface area contributed by atoms with E-state index in [9.17, 15) is 31.2 Å². The van der Waals surface area contributed by atoms with Gasteiger partial charge in [-0.3, -0.25) is 13.9 Å². The molecule has 0 aliphatic rings. The van der Waals surface area contributed by atoms with Crippen LogP contribution in [0.5, 0.6) is 0 Å². The number of nitrogens with zero attached hydrogens (tertiary/aromatic N) is 2. The number of benzene rings is 3. The Balaban J connectivity index is 2.16. The summed E-state index contributed by atoms with van der Waals surface area (Å²) >= 11 is 6.28. The summed E-state index contributed by atoms with van der Waals surface area (Å²) in [7, 11) is -4.58. The summed E-state index contributed by atoms with van der Waals surface area (Å²) in [6.45, 7) is 4.88. The Labute approximate surface area is 249 Å². The van der Waals surface area contributed by atoms with E-state index in [-0.39, 0.29) is 22.9 Å². The SMILES string of the molecule is CCCNC(=O)[C@H](CC)N(Cc1ccccc1C)C(=O)CN(c1cc(C(F)(F)F)ccc1Cl)S(=O)(=O)c1ccccc1. The zero-order valence-electron chi connectivity index (χ0n) is 23.5. The highest BCUT2D eigenvalue weighted by atomic mass is 35.5. The summed E-state index contributed by atoms with van der Waals surface area (Å²) in [5.41, 5.74) is -0.0799. The lowest BCUT2D eigenvalue weighted by atomic mass is 10.1. The highest BCUT2D eigenvalue weighted by molar-refractivity contribution is 7.92. The molecule has 0 heterocycles. The molecule has 0 saturated carbocycles. The Morgan fingerprint density at radius 3 is 2.21 bits per heavy atom. The van der Waals surface area contributed by atoms with E-state index in [1.807, 2.05) is 26.0 Å². The molecular weight excluding hydrogens is 591 g/mol. The lowest BCUT2D eigenvalue weighted by molar-refractivity contribution is -0.140. The molecule has 3 aromatic carbocycles. The van der Waals surface area contributed by atoms with Crippen molar-refractivity contribution in [1.82, 2.24) is 10.2 Å². The van der Waals surface area contributed by atoms with E-state index in [1.165, 1.54) is 29.2 Å². The molecule has 0 saturated heterocycles. The van der Waals surface area contributed by atoms with Crippen LogP contribution in [0.15, 0.2) is 77.7 Å². The summed E-state index contributed by atoms with van der Waals surface area (Å²) in [6.07, 6.45) is -3.93. The number of alkyl halides is 3. The molecule has 0 bridgehead atoms. The Morgan fingerprint density at radius 1 is 0.976 bits per heavy atom. The van der Waals surface area contributed by atoms with E-state index in [2.05, 4.69) is 5.32 Å². The van der Waals surface area contributed by atoms with Crippen molar-refractivity contribution in [2.75, 3.05) is 17.4 Å². The van der Waals surface area contributed by atoms with Crippen LogP contribution in [-0.4, -0.2) is 44.3 Å². The second-order valence-electron chi connectivity index (χ2n) is 9.65. The lowest BCUT2D eigenvalue weighted by Gasteiger charge is -2.33. The first-order valence-electron chi connectivity index (χ1n) is 13.4. The van der Waals surface area contributed by atoms with Gasteiger partial charge in [0.05, 0.1) is 21.2 Å². The molecule has 0 aliphatic heterocycles. The van der Waals surface area contributed by atoms with Crippen LogP contribution < -0.4 is 9.62 Å². The van der Waals surface area contributed by atoms with Gasteiger partial charge in [0, 0.05) is 13.1 Å². The van der Waals surface area contributed by atoms with E-state index >= 15 is 0 Å². The Hall–Kier alpha value is -3.57. The van der Waals surface area contributed by atoms with Crippen molar-refractivity contribution in [2.45, 2.75) is 57.3 Å². The van der Waals surface area contributed by atoms with E-state index in [1.54, 1.807) is 25.1 Å². The summed E-state index contributed by atoms with van der Waals surface area (Å²) in [5.74, 6) is -1.21. The Bertz CT molecular complexity index is 1500. The van der Waals surface area contributed by atoms with Gasteiger partial charge in [-0.15, -0.1) is 0 Å². The number of sulfonamides is 1. The number of halogens is 4. The minimum Gasteiger partial charge on any atom is -0.354 e. The molecule has 0 spiro atoms. The number of carbonyl (C=O) groups excluding carboxylic acids is 2. The van der Waals surface area contributed by atoms with Gasteiger partial charge in [0.1, 0.15) is 12.6 Å². The van der Waals surface area contributed by atoms with Gasteiger partial charge in [0.25, 0.3) is 10.0 Å². The third-order valence-electron chi connectivity index (χ3n) is 6.69. The molecule has 0 aliphatic carbocycles. The number of aryl methyl sites for hydroxylation is 1. The molecule has 7 nitrogen and oxygen atoms in total. The van der Waals surface area contributed by atoms with Crippen LogP contribution in [0.25, 0.3) is 0 Å². The van der Waals surface area contributed by atoms with Crippen molar-refractivity contribution in [1.29, 1.82) is 0 Å². The lowest BCUT2D eigenvalue weighted by Crippen LogP contribution is -2.52. The average Bonchev–Trinajstić information content (AvgIpc) is 2.95. The van der Waals surface area contributed by atoms with Crippen LogP contribution in [-0.2, 0) is 32.3 Å². The molecule has 0 aromatic heterocycles. The van der Waals surface area contributed by atoms with Crippen LogP contribution in [0.1, 0.15) is 43.4 Å². The number of rotatable bonds is 12. The Kier molecular flexibility index (Phi) is 11.0. The highest BCUT2D eigenvalue weighted by Gasteiger charge is 2.37. The third-order valence-corrected chi connectivity index (χ3v) is 8.78. The molecule has 226 valence electrons. The molecule has 1 N–H and O–H groups in total. The van der Waals surface area contributed by atoms with Gasteiger partial charge in [0.15, 0.2) is 0 Å².